The zero-order valence-electron chi connectivity index (χ0n) is 17.6. The van der Waals surface area contributed by atoms with E-state index in [0.717, 1.165) is 50.1 Å². The summed E-state index contributed by atoms with van der Waals surface area (Å²) < 4.78 is 8.33. The molecule has 0 spiro atoms. The third-order valence-corrected chi connectivity index (χ3v) is 6.11. The average Bonchev–Trinajstić information content (AvgIpc) is 3.19. The molecule has 0 amide bonds. The summed E-state index contributed by atoms with van der Waals surface area (Å²) in [6, 6.07) is 13.0. The number of aromatic nitrogens is 4. The topological polar surface area (TPSA) is 56.1 Å². The van der Waals surface area contributed by atoms with Crippen LogP contribution in [0, 0.1) is 0 Å². The van der Waals surface area contributed by atoms with Gasteiger partial charge in [-0.05, 0) is 48.2 Å². The number of imidazole rings is 1. The lowest BCUT2D eigenvalue weighted by atomic mass is 9.98. The van der Waals surface area contributed by atoms with Gasteiger partial charge < -0.3 is 14.2 Å². The molecule has 0 bridgehead atoms. The van der Waals surface area contributed by atoms with E-state index in [1.54, 1.807) is 6.33 Å². The lowest BCUT2D eigenvalue weighted by Gasteiger charge is -2.28. The molecule has 30 heavy (non-hydrogen) atoms. The standard InChI is InChI=1S/C24H27N5O/c1-3-17-6-4-7-18-8-5-9-19(21(17)18)14-29-16-27-22-23(29)25-15-26-24(22)30-20-10-12-28(2)13-11-20/h4-9,15-16,20H,3,10-14H2,1-2H3. The minimum atomic E-state index is 0.189. The third kappa shape index (κ3) is 3.52. The van der Waals surface area contributed by atoms with E-state index in [9.17, 15) is 0 Å². The molecule has 0 saturated carbocycles. The molecule has 2 aromatic heterocycles. The first-order valence-corrected chi connectivity index (χ1v) is 10.7. The maximum absolute atomic E-state index is 6.23. The first-order chi connectivity index (χ1) is 14.7. The summed E-state index contributed by atoms with van der Waals surface area (Å²) in [5.74, 6) is 0.598. The van der Waals surface area contributed by atoms with Crippen molar-refractivity contribution < 1.29 is 4.74 Å². The Hall–Kier alpha value is -2.99. The van der Waals surface area contributed by atoms with Gasteiger partial charge in [-0.15, -0.1) is 0 Å². The highest BCUT2D eigenvalue weighted by atomic mass is 16.5. The monoisotopic (exact) mass is 401 g/mol. The van der Waals surface area contributed by atoms with E-state index in [2.05, 4.69) is 74.8 Å². The minimum absolute atomic E-state index is 0.189. The molecule has 0 N–H and O–H groups in total. The van der Waals surface area contributed by atoms with Crippen LogP contribution in [-0.2, 0) is 13.0 Å². The van der Waals surface area contributed by atoms with Crippen LogP contribution in [0.3, 0.4) is 0 Å². The highest BCUT2D eigenvalue weighted by Gasteiger charge is 2.21. The van der Waals surface area contributed by atoms with Gasteiger partial charge in [-0.2, -0.15) is 4.98 Å². The predicted molar refractivity (Wildman–Crippen MR) is 119 cm³/mol. The van der Waals surface area contributed by atoms with Crippen molar-refractivity contribution in [2.45, 2.75) is 38.8 Å². The molecule has 3 heterocycles. The molecule has 0 atom stereocenters. The zero-order chi connectivity index (χ0) is 20.5. The number of hydrogen-bond donors (Lipinski definition) is 0. The van der Waals surface area contributed by atoms with Crippen LogP contribution in [0.1, 0.15) is 30.9 Å². The largest absolute Gasteiger partial charge is 0.473 e. The SMILES string of the molecule is CCc1cccc2cccc(Cn3cnc4c(OC5CCN(C)CC5)ncnc43)c12. The Morgan fingerprint density at radius 1 is 1.00 bits per heavy atom. The van der Waals surface area contributed by atoms with Gasteiger partial charge in [-0.3, -0.25) is 0 Å². The number of piperidine rings is 1. The van der Waals surface area contributed by atoms with Crippen LogP contribution in [0.4, 0.5) is 0 Å². The van der Waals surface area contributed by atoms with E-state index >= 15 is 0 Å². The molecule has 0 unspecified atom stereocenters. The fourth-order valence-electron chi connectivity index (χ4n) is 4.43. The van der Waals surface area contributed by atoms with Gasteiger partial charge in [0.2, 0.25) is 5.88 Å². The molecular weight excluding hydrogens is 374 g/mol. The van der Waals surface area contributed by atoms with Crippen LogP contribution < -0.4 is 4.74 Å². The van der Waals surface area contributed by atoms with Crippen LogP contribution in [0.2, 0.25) is 0 Å². The Morgan fingerprint density at radius 2 is 1.77 bits per heavy atom. The summed E-state index contributed by atoms with van der Waals surface area (Å²) in [6.45, 7) is 5.02. The van der Waals surface area contributed by atoms with Crippen molar-refractivity contribution in [1.82, 2.24) is 24.4 Å². The van der Waals surface area contributed by atoms with Crippen molar-refractivity contribution in [3.63, 3.8) is 0 Å². The van der Waals surface area contributed by atoms with E-state index in [-0.39, 0.29) is 6.10 Å². The first kappa shape index (κ1) is 19.0. The van der Waals surface area contributed by atoms with Gasteiger partial charge in [0.25, 0.3) is 0 Å². The van der Waals surface area contributed by atoms with E-state index in [1.807, 2.05) is 6.33 Å². The van der Waals surface area contributed by atoms with Crippen molar-refractivity contribution in [2.75, 3.05) is 20.1 Å². The molecule has 1 fully saturated rings. The van der Waals surface area contributed by atoms with Crippen LogP contribution in [0.25, 0.3) is 21.9 Å². The second-order valence-electron chi connectivity index (χ2n) is 8.13. The normalized spacial score (nSPS) is 15.8. The van der Waals surface area contributed by atoms with Crippen molar-refractivity contribution in [3.8, 4) is 5.88 Å². The molecule has 5 rings (SSSR count). The Labute approximate surface area is 176 Å². The third-order valence-electron chi connectivity index (χ3n) is 6.11. The number of benzene rings is 2. The van der Waals surface area contributed by atoms with Gasteiger partial charge in [0.1, 0.15) is 12.4 Å². The van der Waals surface area contributed by atoms with E-state index in [0.29, 0.717) is 5.88 Å². The molecule has 6 heteroatoms. The summed E-state index contributed by atoms with van der Waals surface area (Å²) in [5.41, 5.74) is 4.21. The Bertz CT molecular complexity index is 1170. The smallest absolute Gasteiger partial charge is 0.245 e. The average molecular weight is 402 g/mol. The van der Waals surface area contributed by atoms with Crippen LogP contribution in [0.15, 0.2) is 49.1 Å². The summed E-state index contributed by atoms with van der Waals surface area (Å²) in [7, 11) is 2.15. The number of hydrogen-bond acceptors (Lipinski definition) is 5. The van der Waals surface area contributed by atoms with Gasteiger partial charge in [-0.1, -0.05) is 43.3 Å². The van der Waals surface area contributed by atoms with Crippen molar-refractivity contribution in [3.05, 3.63) is 60.2 Å². The number of aryl methyl sites for hydroxylation is 1. The first-order valence-electron chi connectivity index (χ1n) is 10.7. The maximum atomic E-state index is 6.23. The van der Waals surface area contributed by atoms with Gasteiger partial charge in [0.15, 0.2) is 11.2 Å². The molecule has 0 aliphatic carbocycles. The number of ether oxygens (including phenoxy) is 1. The fraction of sp³-hybridized carbons (Fsp3) is 0.375. The van der Waals surface area contributed by atoms with Gasteiger partial charge in [-0.25, -0.2) is 9.97 Å². The Kier molecular flexibility index (Phi) is 5.09. The predicted octanol–water partition coefficient (Wildman–Crippen LogP) is 4.06. The zero-order valence-corrected chi connectivity index (χ0v) is 17.6. The Morgan fingerprint density at radius 3 is 2.53 bits per heavy atom. The molecular formula is C24H27N5O. The molecule has 1 aliphatic heterocycles. The molecule has 0 radical (unpaired) electrons. The number of rotatable bonds is 5. The highest BCUT2D eigenvalue weighted by Crippen LogP contribution is 2.27. The number of likely N-dealkylation sites (tertiary alicyclic amines) is 1. The molecule has 4 aromatic rings. The Balaban J connectivity index is 1.47. The molecule has 1 aliphatic rings. The van der Waals surface area contributed by atoms with Crippen molar-refractivity contribution in [1.29, 1.82) is 0 Å². The number of nitrogens with zero attached hydrogens (tertiary/aromatic N) is 5. The molecule has 154 valence electrons. The fourth-order valence-corrected chi connectivity index (χ4v) is 4.43. The summed E-state index contributed by atoms with van der Waals surface area (Å²) in [4.78, 5) is 15.9. The number of fused-ring (bicyclic) bond motifs is 2. The molecule has 1 saturated heterocycles. The van der Waals surface area contributed by atoms with Crippen LogP contribution >= 0.6 is 0 Å². The van der Waals surface area contributed by atoms with Gasteiger partial charge in [0.05, 0.1) is 12.9 Å². The second kappa shape index (κ2) is 8.03. The lowest BCUT2D eigenvalue weighted by molar-refractivity contribution is 0.111. The minimum Gasteiger partial charge on any atom is -0.473 e. The quantitative estimate of drug-likeness (QED) is 0.505. The highest BCUT2D eigenvalue weighted by molar-refractivity contribution is 5.89. The van der Waals surface area contributed by atoms with Crippen molar-refractivity contribution >= 4 is 21.9 Å². The lowest BCUT2D eigenvalue weighted by Crippen LogP contribution is -2.35. The van der Waals surface area contributed by atoms with Gasteiger partial charge >= 0.3 is 0 Å². The van der Waals surface area contributed by atoms with E-state index in [4.69, 9.17) is 4.74 Å². The second-order valence-corrected chi connectivity index (χ2v) is 8.13. The summed E-state index contributed by atoms with van der Waals surface area (Å²) >= 11 is 0. The summed E-state index contributed by atoms with van der Waals surface area (Å²) in [6.07, 6.45) is 6.67. The maximum Gasteiger partial charge on any atom is 0.245 e. The van der Waals surface area contributed by atoms with Crippen LogP contribution in [0.5, 0.6) is 5.88 Å². The van der Waals surface area contributed by atoms with Gasteiger partial charge in [0, 0.05) is 13.1 Å². The summed E-state index contributed by atoms with van der Waals surface area (Å²) in [5, 5.41) is 2.61. The van der Waals surface area contributed by atoms with Crippen LogP contribution in [-0.4, -0.2) is 50.7 Å². The molecule has 2 aromatic carbocycles. The van der Waals surface area contributed by atoms with E-state index in [1.165, 1.54) is 21.9 Å². The van der Waals surface area contributed by atoms with Crippen molar-refractivity contribution in [2.24, 2.45) is 0 Å². The molecule has 6 nitrogen and oxygen atoms in total. The van der Waals surface area contributed by atoms with E-state index < -0.39 is 0 Å².